The molecule has 0 N–H and O–H groups in total. The Morgan fingerprint density at radius 3 is 1.64 bits per heavy atom. The zero-order valence-corrected chi connectivity index (χ0v) is 29.2. The summed E-state index contributed by atoms with van der Waals surface area (Å²) in [6.07, 6.45) is 0. The molecule has 1 aromatic heterocycles. The number of para-hydroxylation sites is 4. The van der Waals surface area contributed by atoms with Gasteiger partial charge in [-0.2, -0.15) is 0 Å². The van der Waals surface area contributed by atoms with E-state index in [1.807, 2.05) is 0 Å². The van der Waals surface area contributed by atoms with Crippen LogP contribution in [0.5, 0.6) is 11.5 Å². The molecule has 0 fully saturated rings. The number of benzene rings is 8. The highest BCUT2D eigenvalue weighted by molar-refractivity contribution is 6.09. The van der Waals surface area contributed by atoms with E-state index in [1.54, 1.807) is 0 Å². The fourth-order valence-corrected chi connectivity index (χ4v) is 9.24. The second-order valence-electron chi connectivity index (χ2n) is 14.1. The zero-order chi connectivity index (χ0) is 35.1. The minimum atomic E-state index is -0.498. The number of ether oxygens (including phenoxy) is 1. The van der Waals surface area contributed by atoms with Gasteiger partial charge in [0.05, 0.1) is 22.1 Å². The molecule has 2 aliphatic rings. The molecule has 1 spiro atoms. The summed E-state index contributed by atoms with van der Waals surface area (Å²) in [5.41, 5.74) is 14.9. The summed E-state index contributed by atoms with van der Waals surface area (Å²) in [6, 6.07) is 67.9. The summed E-state index contributed by atoms with van der Waals surface area (Å²) < 4.78 is 9.38. The van der Waals surface area contributed by atoms with E-state index in [1.165, 1.54) is 55.2 Å². The quantitative estimate of drug-likeness (QED) is 0.184. The Labute approximate surface area is 308 Å². The molecule has 0 bridgehead atoms. The van der Waals surface area contributed by atoms with Crippen LogP contribution in [0.3, 0.4) is 0 Å². The Morgan fingerprint density at radius 2 is 0.981 bits per heavy atom. The van der Waals surface area contributed by atoms with Gasteiger partial charge in [0, 0.05) is 44.5 Å². The molecule has 3 nitrogen and oxygen atoms in total. The fourth-order valence-electron chi connectivity index (χ4n) is 9.24. The van der Waals surface area contributed by atoms with Gasteiger partial charge in [-0.05, 0) is 89.8 Å². The molecule has 1 aliphatic heterocycles. The minimum Gasteiger partial charge on any atom is -0.456 e. The first-order chi connectivity index (χ1) is 26.2. The van der Waals surface area contributed by atoms with Gasteiger partial charge in [0.25, 0.3) is 0 Å². The van der Waals surface area contributed by atoms with Gasteiger partial charge in [0.2, 0.25) is 0 Å². The highest BCUT2D eigenvalue weighted by Gasteiger charge is 2.51. The highest BCUT2D eigenvalue weighted by Crippen LogP contribution is 2.63. The molecule has 11 rings (SSSR count). The molecule has 1 aliphatic carbocycles. The molecule has 0 amide bonds. The van der Waals surface area contributed by atoms with E-state index in [0.29, 0.717) is 0 Å². The minimum absolute atomic E-state index is 0.498. The van der Waals surface area contributed by atoms with Crippen molar-refractivity contribution in [2.75, 3.05) is 4.90 Å². The molecule has 8 aromatic carbocycles. The maximum absolute atomic E-state index is 7.01. The van der Waals surface area contributed by atoms with Gasteiger partial charge >= 0.3 is 0 Å². The number of hydrogen-bond donors (Lipinski definition) is 0. The van der Waals surface area contributed by atoms with Crippen molar-refractivity contribution in [3.63, 3.8) is 0 Å². The molecular weight excluding hydrogens is 645 g/mol. The Hall–Kier alpha value is -6.84. The number of fused-ring (bicyclic) bond motifs is 12. The second kappa shape index (κ2) is 11.3. The fraction of sp³-hybridized carbons (Fsp3) is 0.0400. The lowest BCUT2D eigenvalue weighted by Gasteiger charge is -2.40. The maximum Gasteiger partial charge on any atom is 0.137 e. The summed E-state index contributed by atoms with van der Waals surface area (Å²) >= 11 is 0. The van der Waals surface area contributed by atoms with Gasteiger partial charge < -0.3 is 14.2 Å². The predicted molar refractivity (Wildman–Crippen MR) is 218 cm³/mol. The van der Waals surface area contributed by atoms with E-state index in [2.05, 4.69) is 204 Å². The summed E-state index contributed by atoms with van der Waals surface area (Å²) in [7, 11) is 0. The molecule has 3 heteroatoms. The van der Waals surface area contributed by atoms with Crippen LogP contribution in [-0.2, 0) is 5.41 Å². The van der Waals surface area contributed by atoms with Gasteiger partial charge in [-0.1, -0.05) is 127 Å². The second-order valence-corrected chi connectivity index (χ2v) is 14.1. The van der Waals surface area contributed by atoms with E-state index in [-0.39, 0.29) is 0 Å². The number of aromatic nitrogens is 1. The predicted octanol–water partition coefficient (Wildman–Crippen LogP) is 13.0. The van der Waals surface area contributed by atoms with Crippen LogP contribution in [0.2, 0.25) is 0 Å². The summed E-state index contributed by atoms with van der Waals surface area (Å²) in [5, 5.41) is 2.52. The SMILES string of the molecule is Cc1c(N(c2ccccc2)c2ccc(-n3c4ccccc4c4ccccc43)cc2)ccc2c1Oc1ccccc1C21c2ccccc2-c2ccccc21. The molecule has 250 valence electrons. The molecule has 0 saturated carbocycles. The number of hydrogen-bond acceptors (Lipinski definition) is 2. The van der Waals surface area contributed by atoms with Gasteiger partial charge in [-0.3, -0.25) is 0 Å². The van der Waals surface area contributed by atoms with Crippen molar-refractivity contribution in [1.29, 1.82) is 0 Å². The summed E-state index contributed by atoms with van der Waals surface area (Å²) in [5.74, 6) is 1.81. The third-order valence-electron chi connectivity index (χ3n) is 11.4. The summed E-state index contributed by atoms with van der Waals surface area (Å²) in [4.78, 5) is 2.36. The van der Waals surface area contributed by atoms with Crippen molar-refractivity contribution >= 4 is 38.9 Å². The van der Waals surface area contributed by atoms with E-state index in [9.17, 15) is 0 Å². The van der Waals surface area contributed by atoms with Crippen LogP contribution in [0.15, 0.2) is 188 Å². The average molecular weight is 679 g/mol. The van der Waals surface area contributed by atoms with Crippen molar-refractivity contribution in [1.82, 2.24) is 4.57 Å². The van der Waals surface area contributed by atoms with Crippen molar-refractivity contribution in [3.05, 3.63) is 216 Å². The van der Waals surface area contributed by atoms with Crippen molar-refractivity contribution < 1.29 is 4.74 Å². The van der Waals surface area contributed by atoms with Crippen LogP contribution in [0.25, 0.3) is 38.6 Å². The largest absolute Gasteiger partial charge is 0.456 e. The van der Waals surface area contributed by atoms with Crippen molar-refractivity contribution in [2.45, 2.75) is 12.3 Å². The molecule has 0 radical (unpaired) electrons. The standard InChI is InChI=1S/C50H34N2O/c1-33-45(32-31-44-49(33)53-48-26-14-11-23-43(48)50(44)41-21-9-5-17-37(41)38-18-6-10-22-42(38)50)51(34-15-3-2-4-16-34)35-27-29-36(30-28-35)52-46-24-12-7-19-39(46)40-20-8-13-25-47(40)52/h2-32H,1H3. The Kier molecular flexibility index (Phi) is 6.38. The number of anilines is 3. The topological polar surface area (TPSA) is 17.4 Å². The van der Waals surface area contributed by atoms with Crippen LogP contribution in [0, 0.1) is 6.92 Å². The summed E-state index contributed by atoms with van der Waals surface area (Å²) in [6.45, 7) is 2.21. The lowest BCUT2D eigenvalue weighted by molar-refractivity contribution is 0.433. The zero-order valence-electron chi connectivity index (χ0n) is 29.2. The van der Waals surface area contributed by atoms with E-state index >= 15 is 0 Å². The third kappa shape index (κ3) is 4.10. The number of rotatable bonds is 4. The smallest absolute Gasteiger partial charge is 0.137 e. The monoisotopic (exact) mass is 678 g/mol. The third-order valence-corrected chi connectivity index (χ3v) is 11.4. The molecule has 0 saturated heterocycles. The molecule has 0 unspecified atom stereocenters. The highest BCUT2D eigenvalue weighted by atomic mass is 16.5. The molecule has 9 aromatic rings. The van der Waals surface area contributed by atoms with E-state index in [4.69, 9.17) is 4.74 Å². The first-order valence-corrected chi connectivity index (χ1v) is 18.3. The molecule has 2 heterocycles. The Morgan fingerprint density at radius 1 is 0.453 bits per heavy atom. The van der Waals surface area contributed by atoms with E-state index < -0.39 is 5.41 Å². The van der Waals surface area contributed by atoms with Gasteiger partial charge in [-0.25, -0.2) is 0 Å². The first-order valence-electron chi connectivity index (χ1n) is 18.3. The molecule has 53 heavy (non-hydrogen) atoms. The lowest BCUT2D eigenvalue weighted by atomic mass is 9.65. The van der Waals surface area contributed by atoms with Crippen LogP contribution in [0.1, 0.15) is 27.8 Å². The maximum atomic E-state index is 7.01. The normalized spacial score (nSPS) is 13.3. The molecular formula is C50H34N2O. The first kappa shape index (κ1) is 29.8. The average Bonchev–Trinajstić information content (AvgIpc) is 3.71. The Bertz CT molecular complexity index is 2790. The van der Waals surface area contributed by atoms with E-state index in [0.717, 1.165) is 39.8 Å². The Balaban J connectivity index is 1.11. The molecule has 0 atom stereocenters. The van der Waals surface area contributed by atoms with Crippen molar-refractivity contribution in [2.24, 2.45) is 0 Å². The van der Waals surface area contributed by atoms with Crippen LogP contribution >= 0.6 is 0 Å². The number of nitrogens with zero attached hydrogens (tertiary/aromatic N) is 2. The van der Waals surface area contributed by atoms with Gasteiger partial charge in [-0.15, -0.1) is 0 Å². The van der Waals surface area contributed by atoms with Gasteiger partial charge in [0.1, 0.15) is 11.5 Å². The van der Waals surface area contributed by atoms with Crippen LogP contribution in [0.4, 0.5) is 17.1 Å². The van der Waals surface area contributed by atoms with Crippen LogP contribution < -0.4 is 9.64 Å². The van der Waals surface area contributed by atoms with Gasteiger partial charge in [0.15, 0.2) is 0 Å². The lowest BCUT2D eigenvalue weighted by Crippen LogP contribution is -2.32. The van der Waals surface area contributed by atoms with Crippen molar-refractivity contribution in [3.8, 4) is 28.3 Å². The van der Waals surface area contributed by atoms with Crippen LogP contribution in [-0.4, -0.2) is 4.57 Å².